The lowest BCUT2D eigenvalue weighted by molar-refractivity contribution is -0.105. The molecule has 0 saturated heterocycles. The van der Waals surface area contributed by atoms with E-state index in [0.717, 1.165) is 36.7 Å². The van der Waals surface area contributed by atoms with Gasteiger partial charge in [-0.15, -0.1) is 0 Å². The van der Waals surface area contributed by atoms with Crippen molar-refractivity contribution in [3.8, 4) is 0 Å². The topological polar surface area (TPSA) is 17.1 Å². The van der Waals surface area contributed by atoms with Crippen LogP contribution in [0.5, 0.6) is 0 Å². The molecular formula is C10H14O. The van der Waals surface area contributed by atoms with Gasteiger partial charge in [-0.2, -0.15) is 0 Å². The van der Waals surface area contributed by atoms with Crippen molar-refractivity contribution < 1.29 is 4.79 Å². The van der Waals surface area contributed by atoms with Gasteiger partial charge in [0.15, 0.2) is 0 Å². The van der Waals surface area contributed by atoms with Crippen LogP contribution in [0.1, 0.15) is 32.1 Å². The van der Waals surface area contributed by atoms with Gasteiger partial charge in [-0.1, -0.05) is 19.1 Å². The second kappa shape index (κ2) is 4.12. The maximum Gasteiger partial charge on any atom is 0.146 e. The molecule has 0 aromatic carbocycles. The Morgan fingerprint density at radius 3 is 2.27 bits per heavy atom. The van der Waals surface area contributed by atoms with E-state index in [1.54, 1.807) is 0 Å². The second-order valence-electron chi connectivity index (χ2n) is 2.93. The zero-order chi connectivity index (χ0) is 8.10. The lowest BCUT2D eigenvalue weighted by Gasteiger charge is -1.99. The van der Waals surface area contributed by atoms with E-state index in [-0.39, 0.29) is 0 Å². The fourth-order valence-corrected chi connectivity index (χ4v) is 1.50. The van der Waals surface area contributed by atoms with E-state index < -0.39 is 0 Å². The summed E-state index contributed by atoms with van der Waals surface area (Å²) in [6.45, 7) is 3.71. The Morgan fingerprint density at radius 2 is 1.73 bits per heavy atom. The van der Waals surface area contributed by atoms with E-state index in [9.17, 15) is 4.79 Å². The smallest absolute Gasteiger partial charge is 0.146 e. The van der Waals surface area contributed by atoms with Gasteiger partial charge in [0, 0.05) is 0 Å². The van der Waals surface area contributed by atoms with Gasteiger partial charge < -0.3 is 0 Å². The third-order valence-electron chi connectivity index (χ3n) is 2.19. The summed E-state index contributed by atoms with van der Waals surface area (Å²) < 4.78 is 0. The maximum absolute atomic E-state index is 10.6. The minimum Gasteiger partial charge on any atom is -0.298 e. The van der Waals surface area contributed by atoms with E-state index in [2.05, 4.69) is 6.58 Å². The molecule has 1 aliphatic carbocycles. The highest BCUT2D eigenvalue weighted by atomic mass is 16.1. The van der Waals surface area contributed by atoms with Gasteiger partial charge in [-0.25, -0.2) is 0 Å². The van der Waals surface area contributed by atoms with Crippen molar-refractivity contribution in [2.24, 2.45) is 0 Å². The molecule has 11 heavy (non-hydrogen) atoms. The van der Waals surface area contributed by atoms with Gasteiger partial charge in [0.05, 0.1) is 0 Å². The first-order chi connectivity index (χ1) is 5.38. The molecule has 0 fully saturated rings. The first-order valence-corrected chi connectivity index (χ1v) is 4.18. The standard InChI is InChI=1S/C10H14O/c1-2-9-6-4-3-5-7-10(9)8-11/h2,8H,1,3-7H2. The van der Waals surface area contributed by atoms with E-state index in [4.69, 9.17) is 0 Å². The van der Waals surface area contributed by atoms with E-state index in [0.29, 0.717) is 0 Å². The summed E-state index contributed by atoms with van der Waals surface area (Å²) in [6.07, 6.45) is 8.42. The number of hydrogen-bond donors (Lipinski definition) is 0. The van der Waals surface area contributed by atoms with Crippen molar-refractivity contribution in [2.75, 3.05) is 0 Å². The van der Waals surface area contributed by atoms with E-state index in [1.165, 1.54) is 12.8 Å². The van der Waals surface area contributed by atoms with Gasteiger partial charge in [-0.3, -0.25) is 4.79 Å². The fraction of sp³-hybridized carbons (Fsp3) is 0.500. The Labute approximate surface area is 67.8 Å². The van der Waals surface area contributed by atoms with Crippen LogP contribution in [0.3, 0.4) is 0 Å². The monoisotopic (exact) mass is 150 g/mol. The molecule has 0 heterocycles. The first-order valence-electron chi connectivity index (χ1n) is 4.18. The number of aldehydes is 1. The molecule has 0 saturated carbocycles. The second-order valence-corrected chi connectivity index (χ2v) is 2.93. The predicted molar refractivity (Wildman–Crippen MR) is 46.4 cm³/mol. The average molecular weight is 150 g/mol. The molecule has 0 aromatic rings. The van der Waals surface area contributed by atoms with Gasteiger partial charge in [0.1, 0.15) is 6.29 Å². The summed E-state index contributed by atoms with van der Waals surface area (Å²) in [5, 5.41) is 0. The van der Waals surface area contributed by atoms with E-state index >= 15 is 0 Å². The Kier molecular flexibility index (Phi) is 3.09. The van der Waals surface area contributed by atoms with Gasteiger partial charge >= 0.3 is 0 Å². The summed E-state index contributed by atoms with van der Waals surface area (Å²) in [5.74, 6) is 0. The Morgan fingerprint density at radius 1 is 1.09 bits per heavy atom. The third-order valence-corrected chi connectivity index (χ3v) is 2.19. The Balaban J connectivity index is 2.79. The predicted octanol–water partition coefficient (Wildman–Crippen LogP) is 2.63. The van der Waals surface area contributed by atoms with Crippen LogP contribution in [0.4, 0.5) is 0 Å². The number of carbonyl (C=O) groups excluding carboxylic acids is 1. The molecule has 1 rings (SSSR count). The molecule has 0 atom stereocenters. The van der Waals surface area contributed by atoms with Crippen molar-refractivity contribution in [3.63, 3.8) is 0 Å². The number of hydrogen-bond acceptors (Lipinski definition) is 1. The molecule has 0 aliphatic heterocycles. The van der Waals surface area contributed by atoms with Crippen LogP contribution in [0.15, 0.2) is 23.8 Å². The molecule has 1 nitrogen and oxygen atoms in total. The third kappa shape index (κ3) is 2.04. The van der Waals surface area contributed by atoms with Gasteiger partial charge in [0.2, 0.25) is 0 Å². The Bertz CT molecular complexity index is 169. The molecule has 60 valence electrons. The number of allylic oxidation sites excluding steroid dienone is 3. The van der Waals surface area contributed by atoms with Crippen molar-refractivity contribution in [3.05, 3.63) is 23.8 Å². The van der Waals surface area contributed by atoms with Crippen molar-refractivity contribution in [2.45, 2.75) is 32.1 Å². The van der Waals surface area contributed by atoms with Crippen LogP contribution < -0.4 is 0 Å². The van der Waals surface area contributed by atoms with Crippen molar-refractivity contribution in [1.82, 2.24) is 0 Å². The van der Waals surface area contributed by atoms with E-state index in [1.807, 2.05) is 6.08 Å². The number of rotatable bonds is 2. The first kappa shape index (κ1) is 8.25. The van der Waals surface area contributed by atoms with Crippen molar-refractivity contribution in [1.29, 1.82) is 0 Å². The molecule has 0 amide bonds. The summed E-state index contributed by atoms with van der Waals surface area (Å²) in [4.78, 5) is 10.6. The lowest BCUT2D eigenvalue weighted by atomic mass is 10.1. The van der Waals surface area contributed by atoms with Crippen molar-refractivity contribution >= 4 is 6.29 Å². The molecule has 0 spiro atoms. The van der Waals surface area contributed by atoms with Crippen LogP contribution in [0.2, 0.25) is 0 Å². The molecule has 0 radical (unpaired) electrons. The van der Waals surface area contributed by atoms with Gasteiger partial charge in [-0.05, 0) is 36.8 Å². The molecule has 0 unspecified atom stereocenters. The quantitative estimate of drug-likeness (QED) is 0.553. The highest BCUT2D eigenvalue weighted by molar-refractivity contribution is 5.75. The minimum atomic E-state index is 0.949. The fourth-order valence-electron chi connectivity index (χ4n) is 1.50. The highest BCUT2D eigenvalue weighted by Gasteiger charge is 2.07. The zero-order valence-electron chi connectivity index (χ0n) is 6.81. The highest BCUT2D eigenvalue weighted by Crippen LogP contribution is 2.22. The molecule has 0 N–H and O–H groups in total. The molecular weight excluding hydrogens is 136 g/mol. The van der Waals surface area contributed by atoms with Crippen LogP contribution in [-0.4, -0.2) is 6.29 Å². The van der Waals surface area contributed by atoms with Gasteiger partial charge in [0.25, 0.3) is 0 Å². The average Bonchev–Trinajstić information content (AvgIpc) is 2.27. The minimum absolute atomic E-state index is 0.949. The summed E-state index contributed by atoms with van der Waals surface area (Å²) in [7, 11) is 0. The summed E-state index contributed by atoms with van der Waals surface area (Å²) in [5.41, 5.74) is 2.13. The number of carbonyl (C=O) groups is 1. The molecule has 1 heteroatoms. The molecule has 1 aliphatic rings. The normalized spacial score (nSPS) is 19.3. The van der Waals surface area contributed by atoms with Crippen LogP contribution >= 0.6 is 0 Å². The largest absolute Gasteiger partial charge is 0.298 e. The SMILES string of the molecule is C=CC1=C(C=O)CCCCC1. The molecule has 0 bridgehead atoms. The lowest BCUT2D eigenvalue weighted by Crippen LogP contribution is -1.88. The summed E-state index contributed by atoms with van der Waals surface area (Å²) >= 11 is 0. The van der Waals surface area contributed by atoms with Crippen LogP contribution in [0, 0.1) is 0 Å². The van der Waals surface area contributed by atoms with Crippen LogP contribution in [0.25, 0.3) is 0 Å². The van der Waals surface area contributed by atoms with Crippen LogP contribution in [-0.2, 0) is 4.79 Å². The Hall–Kier alpha value is -0.850. The zero-order valence-corrected chi connectivity index (χ0v) is 6.81. The summed E-state index contributed by atoms with van der Waals surface area (Å²) in [6, 6.07) is 0. The maximum atomic E-state index is 10.6. The molecule has 0 aromatic heterocycles.